The standard InChI is InChI=1S/C41H68P2SSi6/c1-45(2,3)39(46(4,5)6)32-28-35(40(47(7,8)9)48(10,11)12)38(36(29-32)41(49(13,14)15)50(16,17)18)43-42(44-43)37-33-25-21-19-23-30(33)27-31-24-20-22-26-34(31)37/h19-29,39-41H,1-18H3. The zero-order valence-corrected chi connectivity index (χ0v) is 43.5. The molecule has 2 unspecified atom stereocenters. The van der Waals surface area contributed by atoms with Gasteiger partial charge in [0.05, 0.1) is 0 Å². The first kappa shape index (κ1) is 40.7. The van der Waals surface area contributed by atoms with E-state index in [1.54, 1.807) is 10.9 Å². The molecule has 1 heterocycles. The van der Waals surface area contributed by atoms with Gasteiger partial charge >= 0.3 is 0 Å². The second kappa shape index (κ2) is 13.7. The number of hydrogen-bond acceptors (Lipinski definition) is 1. The van der Waals surface area contributed by atoms with Crippen molar-refractivity contribution in [2.45, 2.75) is 133 Å². The van der Waals surface area contributed by atoms with Gasteiger partial charge in [0.25, 0.3) is 0 Å². The van der Waals surface area contributed by atoms with Crippen molar-refractivity contribution < 1.29 is 0 Å². The summed E-state index contributed by atoms with van der Waals surface area (Å²) < 4.78 is 0. The second-order valence-corrected chi connectivity index (χ2v) is 65.8. The maximum absolute atomic E-state index is 2.93. The summed E-state index contributed by atoms with van der Waals surface area (Å²) in [6.45, 7) is 48.6. The van der Waals surface area contributed by atoms with E-state index in [0.29, 0.717) is 0 Å². The molecule has 4 aromatic carbocycles. The lowest BCUT2D eigenvalue weighted by atomic mass is 10.0. The lowest BCUT2D eigenvalue weighted by molar-refractivity contribution is 1.09. The third-order valence-corrected chi connectivity index (χ3v) is 49.5. The van der Waals surface area contributed by atoms with Crippen LogP contribution >= 0.6 is 23.3 Å². The Hall–Kier alpha value is -0.479. The summed E-state index contributed by atoms with van der Waals surface area (Å²) >= 11 is 0. The van der Waals surface area contributed by atoms with E-state index in [2.05, 4.69) is 195 Å². The largest absolute Gasteiger partial charge is 0.0886 e. The van der Waals surface area contributed by atoms with Gasteiger partial charge < -0.3 is 0 Å². The molecule has 0 N–H and O–H groups in total. The Kier molecular flexibility index (Phi) is 11.1. The molecule has 50 heavy (non-hydrogen) atoms. The van der Waals surface area contributed by atoms with Gasteiger partial charge in [0, 0.05) is 71.8 Å². The quantitative estimate of drug-likeness (QED) is 0.0920. The minimum Gasteiger partial charge on any atom is -0.0886 e. The van der Waals surface area contributed by atoms with Gasteiger partial charge in [-0.15, -0.1) is 0 Å². The third-order valence-electron chi connectivity index (χ3n) is 10.8. The van der Waals surface area contributed by atoms with Crippen LogP contribution in [0, 0.1) is 0 Å². The molecule has 272 valence electrons. The van der Waals surface area contributed by atoms with Crippen molar-refractivity contribution >= 4 is 93.3 Å². The van der Waals surface area contributed by atoms with Crippen molar-refractivity contribution in [2.24, 2.45) is 0 Å². The first-order chi connectivity index (χ1) is 22.6. The maximum Gasteiger partial charge on any atom is 0.0493 e. The smallest absolute Gasteiger partial charge is 0.0493 e. The Morgan fingerprint density at radius 2 is 0.720 bits per heavy atom. The fourth-order valence-corrected chi connectivity index (χ4v) is 62.2. The third kappa shape index (κ3) is 8.27. The predicted octanol–water partition coefficient (Wildman–Crippen LogP) is 16.5. The molecule has 9 heteroatoms. The zero-order chi connectivity index (χ0) is 37.6. The van der Waals surface area contributed by atoms with Gasteiger partial charge in [-0.1, -0.05) is 189 Å². The van der Waals surface area contributed by atoms with Crippen LogP contribution in [0.15, 0.2) is 66.7 Å². The Morgan fingerprint density at radius 3 is 1.06 bits per heavy atom. The monoisotopic (exact) mass is 822 g/mol. The summed E-state index contributed by atoms with van der Waals surface area (Å²) in [7, 11) is -6.94. The van der Waals surface area contributed by atoms with Crippen molar-refractivity contribution in [3.05, 3.63) is 83.4 Å². The molecule has 0 radical (unpaired) electrons. The van der Waals surface area contributed by atoms with Crippen molar-refractivity contribution in [1.82, 2.24) is 0 Å². The van der Waals surface area contributed by atoms with E-state index in [4.69, 9.17) is 0 Å². The van der Waals surface area contributed by atoms with E-state index in [1.165, 1.54) is 21.5 Å². The molecule has 5 rings (SSSR count). The number of fused-ring (bicyclic) bond motifs is 2. The molecule has 0 amide bonds. The minimum absolute atomic E-state index is 0.320. The summed E-state index contributed by atoms with van der Waals surface area (Å²) in [4.78, 5) is 0. The molecule has 1 aromatic heterocycles. The molecular weight excluding hydrogens is 755 g/mol. The van der Waals surface area contributed by atoms with E-state index in [-0.39, 0.29) is 12.8 Å². The average molecular weight is 824 g/mol. The van der Waals surface area contributed by atoms with E-state index >= 15 is 0 Å². The molecule has 0 spiro atoms. The first-order valence-electron chi connectivity index (χ1n) is 19.0. The van der Waals surface area contributed by atoms with Gasteiger partial charge in [-0.3, -0.25) is 0 Å². The highest BCUT2D eigenvalue weighted by Crippen LogP contribution is 2.84. The van der Waals surface area contributed by atoms with Crippen LogP contribution in [0.2, 0.25) is 118 Å². The van der Waals surface area contributed by atoms with Crippen molar-refractivity contribution in [3.63, 3.8) is 0 Å². The lowest BCUT2D eigenvalue weighted by Crippen LogP contribution is -2.49. The second-order valence-electron chi connectivity index (χ2n) is 21.8. The Bertz CT molecular complexity index is 1840. The minimum atomic E-state index is -1.58. The number of hydrogen-bond donors (Lipinski definition) is 0. The molecule has 0 saturated carbocycles. The average Bonchev–Trinajstić information content (AvgIpc) is 3.66. The van der Waals surface area contributed by atoms with Gasteiger partial charge in [0.1, 0.15) is 0 Å². The Morgan fingerprint density at radius 1 is 0.400 bits per heavy atom. The molecule has 5 aromatic rings. The van der Waals surface area contributed by atoms with Crippen molar-refractivity contribution in [2.75, 3.05) is 0 Å². The van der Waals surface area contributed by atoms with Crippen LogP contribution in [0.4, 0.5) is 0 Å². The van der Waals surface area contributed by atoms with Crippen LogP contribution < -0.4 is 0 Å². The lowest BCUT2D eigenvalue weighted by Gasteiger charge is -2.45. The van der Waals surface area contributed by atoms with Gasteiger partial charge in [-0.2, -0.15) is 0 Å². The Labute approximate surface area is 318 Å². The fraction of sp³-hybridized carbons (Fsp3) is 0.512. The van der Waals surface area contributed by atoms with E-state index < -0.39 is 48.4 Å². The van der Waals surface area contributed by atoms with Crippen LogP contribution in [0.25, 0.3) is 32.2 Å². The van der Waals surface area contributed by atoms with Gasteiger partial charge in [-0.05, 0) is 59.8 Å². The normalized spacial score (nSPS) is 15.1. The summed E-state index contributed by atoms with van der Waals surface area (Å²) in [6.07, 6.45) is -0.641. The van der Waals surface area contributed by atoms with Crippen molar-refractivity contribution in [1.29, 1.82) is 0 Å². The summed E-state index contributed by atoms with van der Waals surface area (Å²) in [5.74, 6) is 0. The van der Waals surface area contributed by atoms with Crippen LogP contribution in [-0.2, 0) is 0 Å². The van der Waals surface area contributed by atoms with Gasteiger partial charge in [-0.25, -0.2) is 0 Å². The zero-order valence-electron chi connectivity index (χ0n) is 34.9. The van der Waals surface area contributed by atoms with Gasteiger partial charge in [0.15, 0.2) is 0 Å². The molecule has 0 fully saturated rings. The highest BCUT2D eigenvalue weighted by molar-refractivity contribution is 8.65. The molecule has 0 aliphatic carbocycles. The highest BCUT2D eigenvalue weighted by atomic mass is 33.1. The SMILES string of the molecule is C[Si](C)(C)C(c1cc(C([Si](C)(C)C)[Si](C)(C)C)c(-p2sp2-c2c3ccccc3cc3ccccc23)c(C([Si](C)(C)C)[Si](C)(C)C)c1)[Si](C)(C)C. The Balaban J connectivity index is 2.00. The first-order valence-corrected chi connectivity index (χ1v) is 45.9. The van der Waals surface area contributed by atoms with Crippen LogP contribution in [0.3, 0.4) is 0 Å². The predicted molar refractivity (Wildman–Crippen MR) is 256 cm³/mol. The summed E-state index contributed by atoms with van der Waals surface area (Å²) in [6, 6.07) is 26.9. The molecule has 0 aliphatic rings. The van der Waals surface area contributed by atoms with E-state index in [9.17, 15) is 0 Å². The van der Waals surface area contributed by atoms with E-state index in [0.717, 1.165) is 15.5 Å². The fourth-order valence-electron chi connectivity index (χ4n) is 10.8. The molecule has 0 bridgehead atoms. The number of rotatable bonds is 11. The molecule has 2 atom stereocenters. The maximum atomic E-state index is 2.93. The van der Waals surface area contributed by atoms with Gasteiger partial charge in [0.2, 0.25) is 0 Å². The summed E-state index contributed by atoms with van der Waals surface area (Å²) in [5, 5.41) is 11.7. The molecule has 0 nitrogen and oxygen atoms in total. The van der Waals surface area contributed by atoms with E-state index in [1.807, 2.05) is 16.4 Å². The van der Waals surface area contributed by atoms with Crippen molar-refractivity contribution in [3.8, 4) is 10.6 Å². The molecule has 0 aliphatic heterocycles. The van der Waals surface area contributed by atoms with Crippen LogP contribution in [-0.4, -0.2) is 48.4 Å². The summed E-state index contributed by atoms with van der Waals surface area (Å²) in [5.41, 5.74) is 5.50. The molecular formula is C41H68P2SSi6. The molecule has 0 saturated heterocycles. The van der Waals surface area contributed by atoms with Crippen LogP contribution in [0.1, 0.15) is 32.2 Å². The van der Waals surface area contributed by atoms with Crippen LogP contribution in [0.5, 0.6) is 0 Å². The topological polar surface area (TPSA) is 0 Å². The highest BCUT2D eigenvalue weighted by Gasteiger charge is 2.47. The number of benzene rings is 4.